The van der Waals surface area contributed by atoms with Gasteiger partial charge in [0.25, 0.3) is 11.5 Å². The van der Waals surface area contributed by atoms with Gasteiger partial charge in [0.2, 0.25) is 0 Å². The fourth-order valence-electron chi connectivity index (χ4n) is 6.98. The highest BCUT2D eigenvalue weighted by Gasteiger charge is 2.32. The number of pyridine rings is 1. The van der Waals surface area contributed by atoms with Crippen molar-refractivity contribution >= 4 is 22.9 Å². The van der Waals surface area contributed by atoms with Gasteiger partial charge in [-0.1, -0.05) is 18.9 Å². The fourth-order valence-corrected chi connectivity index (χ4v) is 6.98. The highest BCUT2D eigenvalue weighted by molar-refractivity contribution is 6.06. The molecule has 258 valence electrons. The van der Waals surface area contributed by atoms with Gasteiger partial charge in [-0.05, 0) is 76.3 Å². The van der Waals surface area contributed by atoms with Gasteiger partial charge in [0.15, 0.2) is 11.5 Å². The molecule has 0 unspecified atom stereocenters. The Hall–Kier alpha value is -4.25. The number of likely N-dealkylation sites (tertiary alicyclic amines) is 1. The van der Waals surface area contributed by atoms with Gasteiger partial charge in [0.05, 0.1) is 18.2 Å². The number of piperidine rings is 1. The second-order valence-corrected chi connectivity index (χ2v) is 14.0. The number of benzene rings is 2. The zero-order chi connectivity index (χ0) is 33.8. The lowest BCUT2D eigenvalue weighted by atomic mass is 10.0. The average Bonchev–Trinajstić information content (AvgIpc) is 3.58. The van der Waals surface area contributed by atoms with Crippen LogP contribution in [-0.4, -0.2) is 84.0 Å². The van der Waals surface area contributed by atoms with Gasteiger partial charge in [-0.15, -0.1) is 0 Å². The standard InChI is InChI=1S/C37H48N4O7/c1-37(2,3)48-36(44)41(24-25-9-12-32-33(21-25)47-20-19-46-32)27-13-15-39(16-14-27)17-18-40-31-22-28(45-4)10-11-29(31)30(23-34(40)42)35(43)38-26-7-5-6-8-26/h9-12,21-23,26-27H,5-8,13-20,24H2,1-4H3,(H,38,43). The van der Waals surface area contributed by atoms with Crippen molar-refractivity contribution in [3.8, 4) is 17.2 Å². The number of carbonyl (C=O) groups is 2. The minimum Gasteiger partial charge on any atom is -0.497 e. The average molecular weight is 661 g/mol. The summed E-state index contributed by atoms with van der Waals surface area (Å²) in [6.45, 7) is 9.72. The first-order valence-corrected chi connectivity index (χ1v) is 17.2. The SMILES string of the molecule is COc1ccc2c(C(=O)NC3CCCC3)cc(=O)n(CCN3CCC(N(Cc4ccc5c(c4)OCCO5)C(=O)OC(C)(C)C)CC3)c2c1. The van der Waals surface area contributed by atoms with E-state index in [0.29, 0.717) is 55.4 Å². The maximum absolute atomic E-state index is 13.5. The lowest BCUT2D eigenvalue weighted by Crippen LogP contribution is -2.49. The largest absolute Gasteiger partial charge is 0.497 e. The third-order valence-corrected chi connectivity index (χ3v) is 9.48. The third kappa shape index (κ3) is 7.89. The first kappa shape index (κ1) is 33.6. The van der Waals surface area contributed by atoms with E-state index in [9.17, 15) is 14.4 Å². The quantitative estimate of drug-likeness (QED) is 0.327. The summed E-state index contributed by atoms with van der Waals surface area (Å²) in [7, 11) is 1.60. The maximum atomic E-state index is 13.5. The van der Waals surface area contributed by atoms with E-state index in [0.717, 1.165) is 68.3 Å². The topological polar surface area (TPSA) is 112 Å². The Balaban J connectivity index is 1.14. The normalized spacial score (nSPS) is 17.3. The zero-order valence-corrected chi connectivity index (χ0v) is 28.6. The summed E-state index contributed by atoms with van der Waals surface area (Å²) in [6.07, 6.45) is 5.38. The molecule has 1 saturated carbocycles. The molecule has 1 aliphatic carbocycles. The van der Waals surface area contributed by atoms with Crippen molar-refractivity contribution in [1.82, 2.24) is 19.7 Å². The molecule has 3 aliphatic rings. The summed E-state index contributed by atoms with van der Waals surface area (Å²) in [5.74, 6) is 1.84. The van der Waals surface area contributed by atoms with E-state index in [1.165, 1.54) is 6.07 Å². The smallest absolute Gasteiger partial charge is 0.410 e. The summed E-state index contributed by atoms with van der Waals surface area (Å²) in [5.41, 5.74) is 1.21. The first-order chi connectivity index (χ1) is 23.1. The predicted octanol–water partition coefficient (Wildman–Crippen LogP) is 5.36. The lowest BCUT2D eigenvalue weighted by Gasteiger charge is -2.39. The molecule has 1 saturated heterocycles. The Labute approximate surface area is 282 Å². The summed E-state index contributed by atoms with van der Waals surface area (Å²) in [6, 6.07) is 13.0. The van der Waals surface area contributed by atoms with E-state index in [1.807, 2.05) is 62.1 Å². The molecule has 0 radical (unpaired) electrons. The summed E-state index contributed by atoms with van der Waals surface area (Å²) in [4.78, 5) is 44.4. The van der Waals surface area contributed by atoms with Crippen LogP contribution in [0.25, 0.3) is 10.9 Å². The van der Waals surface area contributed by atoms with E-state index >= 15 is 0 Å². The van der Waals surface area contributed by atoms with E-state index in [1.54, 1.807) is 11.7 Å². The number of hydrogen-bond donors (Lipinski definition) is 1. The minimum absolute atomic E-state index is 0.00484. The molecule has 2 fully saturated rings. The Morgan fingerprint density at radius 2 is 1.67 bits per heavy atom. The predicted molar refractivity (Wildman–Crippen MR) is 183 cm³/mol. The monoisotopic (exact) mass is 660 g/mol. The van der Waals surface area contributed by atoms with E-state index < -0.39 is 5.60 Å². The van der Waals surface area contributed by atoms with Crippen LogP contribution >= 0.6 is 0 Å². The van der Waals surface area contributed by atoms with Crippen molar-refractivity contribution in [2.45, 2.75) is 90.1 Å². The maximum Gasteiger partial charge on any atom is 0.410 e. The minimum atomic E-state index is -0.617. The van der Waals surface area contributed by atoms with Crippen LogP contribution in [0.3, 0.4) is 0 Å². The van der Waals surface area contributed by atoms with E-state index in [-0.39, 0.29) is 29.6 Å². The molecule has 11 nitrogen and oxygen atoms in total. The van der Waals surface area contributed by atoms with Crippen LogP contribution in [0.15, 0.2) is 47.3 Å². The molecule has 0 spiro atoms. The van der Waals surface area contributed by atoms with Gasteiger partial charge < -0.3 is 38.6 Å². The second kappa shape index (κ2) is 14.5. The van der Waals surface area contributed by atoms with Crippen LogP contribution in [0.2, 0.25) is 0 Å². The molecule has 6 rings (SSSR count). The molecular weight excluding hydrogens is 612 g/mol. The van der Waals surface area contributed by atoms with Crippen LogP contribution in [0.5, 0.6) is 17.2 Å². The molecule has 3 aromatic rings. The van der Waals surface area contributed by atoms with Gasteiger partial charge in [0, 0.05) is 62.3 Å². The number of aromatic nitrogens is 1. The van der Waals surface area contributed by atoms with Gasteiger partial charge >= 0.3 is 6.09 Å². The Bertz CT molecular complexity index is 1680. The number of ether oxygens (including phenoxy) is 4. The molecule has 2 aromatic carbocycles. The zero-order valence-electron chi connectivity index (χ0n) is 28.6. The number of fused-ring (bicyclic) bond motifs is 2. The third-order valence-electron chi connectivity index (χ3n) is 9.48. The lowest BCUT2D eigenvalue weighted by molar-refractivity contribution is 0.00561. The van der Waals surface area contributed by atoms with Crippen LogP contribution in [-0.2, 0) is 17.8 Å². The van der Waals surface area contributed by atoms with Crippen LogP contribution in [0.1, 0.15) is 75.2 Å². The molecule has 2 amide bonds. The molecule has 11 heteroatoms. The Morgan fingerprint density at radius 3 is 2.38 bits per heavy atom. The molecule has 1 N–H and O–H groups in total. The van der Waals surface area contributed by atoms with Gasteiger partial charge in [-0.25, -0.2) is 4.79 Å². The highest BCUT2D eigenvalue weighted by Crippen LogP contribution is 2.32. The first-order valence-electron chi connectivity index (χ1n) is 17.2. The number of nitrogens with zero attached hydrogens (tertiary/aromatic N) is 3. The van der Waals surface area contributed by atoms with Crippen LogP contribution < -0.4 is 25.1 Å². The summed E-state index contributed by atoms with van der Waals surface area (Å²) < 4.78 is 24.5. The van der Waals surface area contributed by atoms with Crippen molar-refractivity contribution in [3.05, 3.63) is 63.9 Å². The number of methoxy groups -OCH3 is 1. The van der Waals surface area contributed by atoms with Crippen molar-refractivity contribution in [1.29, 1.82) is 0 Å². The summed E-state index contributed by atoms with van der Waals surface area (Å²) in [5, 5.41) is 3.87. The van der Waals surface area contributed by atoms with Gasteiger partial charge in [-0.2, -0.15) is 0 Å². The van der Waals surface area contributed by atoms with Crippen LogP contribution in [0, 0.1) is 0 Å². The Kier molecular flexibility index (Phi) is 10.1. The van der Waals surface area contributed by atoms with Crippen LogP contribution in [0.4, 0.5) is 4.79 Å². The number of amides is 2. The van der Waals surface area contributed by atoms with Crippen molar-refractivity contribution in [2.24, 2.45) is 0 Å². The van der Waals surface area contributed by atoms with Gasteiger partial charge in [0.1, 0.15) is 24.6 Å². The molecule has 48 heavy (non-hydrogen) atoms. The number of nitrogens with one attached hydrogen (secondary N) is 1. The molecule has 0 atom stereocenters. The fraction of sp³-hybridized carbons (Fsp3) is 0.541. The molecule has 0 bridgehead atoms. The number of rotatable bonds is 9. The van der Waals surface area contributed by atoms with Crippen molar-refractivity contribution in [2.75, 3.05) is 40.0 Å². The number of hydrogen-bond acceptors (Lipinski definition) is 8. The summed E-state index contributed by atoms with van der Waals surface area (Å²) >= 11 is 0. The van der Waals surface area contributed by atoms with Crippen molar-refractivity contribution < 1.29 is 28.5 Å². The molecule has 2 aliphatic heterocycles. The molecule has 3 heterocycles. The molecule has 1 aromatic heterocycles. The van der Waals surface area contributed by atoms with E-state index in [2.05, 4.69) is 10.2 Å². The highest BCUT2D eigenvalue weighted by atomic mass is 16.6. The van der Waals surface area contributed by atoms with Gasteiger partial charge in [-0.3, -0.25) is 9.59 Å². The van der Waals surface area contributed by atoms with Crippen molar-refractivity contribution in [3.63, 3.8) is 0 Å². The second-order valence-electron chi connectivity index (χ2n) is 14.0. The Morgan fingerprint density at radius 1 is 0.938 bits per heavy atom. The number of carbonyl (C=O) groups excluding carboxylic acids is 2. The van der Waals surface area contributed by atoms with E-state index in [4.69, 9.17) is 18.9 Å². The molecular formula is C37H48N4O7.